The Balaban J connectivity index is 1.69. The highest BCUT2D eigenvalue weighted by Gasteiger charge is 2.24. The molecule has 0 spiro atoms. The number of benzene rings is 1. The van der Waals surface area contributed by atoms with Gasteiger partial charge in [-0.15, -0.1) is 0 Å². The lowest BCUT2D eigenvalue weighted by atomic mass is 10.0. The maximum atomic E-state index is 13.1. The van der Waals surface area contributed by atoms with Gasteiger partial charge in [0.25, 0.3) is 15.9 Å². The lowest BCUT2D eigenvalue weighted by Crippen LogP contribution is -2.32. The third kappa shape index (κ3) is 3.96. The number of carbonyl (C=O) groups excluding carboxylic acids is 1. The van der Waals surface area contributed by atoms with Crippen molar-refractivity contribution < 1.29 is 22.7 Å². The minimum atomic E-state index is -3.97. The number of aromatic nitrogens is 1. The standard InChI is InChI=1S/C20H21N3O5S/c1-27-18-3-2-14(13-5-8-28-9-6-13)10-19(18)29(25,26)23-15-11-16-17(22-12-15)4-7-21-20(16)24/h2-3,5,10-12,23H,4,6-9H2,1H3,(H,21,24). The van der Waals surface area contributed by atoms with Crippen LogP contribution in [-0.2, 0) is 21.2 Å². The number of methoxy groups -OCH3 is 1. The molecular formula is C20H21N3O5S. The van der Waals surface area contributed by atoms with Gasteiger partial charge in [-0.05, 0) is 35.8 Å². The molecule has 4 rings (SSSR count). The second kappa shape index (κ2) is 7.84. The number of amides is 1. The molecule has 0 saturated heterocycles. The molecule has 0 aliphatic carbocycles. The highest BCUT2D eigenvalue weighted by Crippen LogP contribution is 2.31. The summed E-state index contributed by atoms with van der Waals surface area (Å²) in [5.41, 5.74) is 3.09. The van der Waals surface area contributed by atoms with E-state index in [-0.39, 0.29) is 22.2 Å². The fourth-order valence-electron chi connectivity index (χ4n) is 3.42. The van der Waals surface area contributed by atoms with Crippen LogP contribution in [0.3, 0.4) is 0 Å². The zero-order valence-electron chi connectivity index (χ0n) is 15.9. The molecule has 0 atom stereocenters. The highest BCUT2D eigenvalue weighted by atomic mass is 32.2. The lowest BCUT2D eigenvalue weighted by Gasteiger charge is -2.18. The number of pyridine rings is 1. The molecule has 9 heteroatoms. The molecule has 0 radical (unpaired) electrons. The number of carbonyl (C=O) groups is 1. The third-order valence-corrected chi connectivity index (χ3v) is 6.30. The van der Waals surface area contributed by atoms with E-state index in [2.05, 4.69) is 15.0 Å². The van der Waals surface area contributed by atoms with Gasteiger partial charge in [0, 0.05) is 13.0 Å². The van der Waals surface area contributed by atoms with Crippen molar-refractivity contribution in [2.75, 3.05) is 31.6 Å². The first-order chi connectivity index (χ1) is 14.0. The average molecular weight is 415 g/mol. The monoisotopic (exact) mass is 415 g/mol. The van der Waals surface area contributed by atoms with Crippen LogP contribution in [0.2, 0.25) is 0 Å². The summed E-state index contributed by atoms with van der Waals surface area (Å²) in [7, 11) is -2.54. The lowest BCUT2D eigenvalue weighted by molar-refractivity contribution is 0.0945. The van der Waals surface area contributed by atoms with E-state index < -0.39 is 10.0 Å². The van der Waals surface area contributed by atoms with Crippen molar-refractivity contribution in [1.29, 1.82) is 0 Å². The summed E-state index contributed by atoms with van der Waals surface area (Å²) in [5, 5.41) is 2.73. The van der Waals surface area contributed by atoms with Crippen LogP contribution in [0.15, 0.2) is 41.4 Å². The maximum Gasteiger partial charge on any atom is 0.265 e. The summed E-state index contributed by atoms with van der Waals surface area (Å²) >= 11 is 0. The van der Waals surface area contributed by atoms with E-state index in [1.54, 1.807) is 12.1 Å². The normalized spacial score (nSPS) is 16.4. The minimum absolute atomic E-state index is 0.0204. The molecule has 0 saturated carbocycles. The summed E-state index contributed by atoms with van der Waals surface area (Å²) in [6.45, 7) is 1.63. The summed E-state index contributed by atoms with van der Waals surface area (Å²) in [4.78, 5) is 16.3. The minimum Gasteiger partial charge on any atom is -0.495 e. The van der Waals surface area contributed by atoms with Crippen molar-refractivity contribution in [2.45, 2.75) is 17.7 Å². The zero-order valence-corrected chi connectivity index (χ0v) is 16.7. The van der Waals surface area contributed by atoms with Gasteiger partial charge in [-0.2, -0.15) is 0 Å². The number of anilines is 1. The summed E-state index contributed by atoms with van der Waals surface area (Å²) in [6, 6.07) is 6.57. The van der Waals surface area contributed by atoms with Crippen molar-refractivity contribution >= 4 is 27.2 Å². The predicted octanol–water partition coefficient (Wildman–Crippen LogP) is 1.98. The van der Waals surface area contributed by atoms with E-state index in [0.29, 0.717) is 43.9 Å². The van der Waals surface area contributed by atoms with E-state index in [9.17, 15) is 13.2 Å². The largest absolute Gasteiger partial charge is 0.495 e. The predicted molar refractivity (Wildman–Crippen MR) is 107 cm³/mol. The van der Waals surface area contributed by atoms with Crippen LogP contribution in [0.1, 0.15) is 28.0 Å². The molecule has 2 aromatic rings. The van der Waals surface area contributed by atoms with E-state index in [1.807, 2.05) is 12.1 Å². The fourth-order valence-corrected chi connectivity index (χ4v) is 4.65. The van der Waals surface area contributed by atoms with Gasteiger partial charge in [-0.25, -0.2) is 8.42 Å². The first-order valence-corrected chi connectivity index (χ1v) is 10.7. The van der Waals surface area contributed by atoms with Crippen molar-refractivity contribution in [2.24, 2.45) is 0 Å². The molecule has 0 fully saturated rings. The Hall–Kier alpha value is -2.91. The van der Waals surface area contributed by atoms with Crippen LogP contribution >= 0.6 is 0 Å². The molecule has 29 heavy (non-hydrogen) atoms. The summed E-state index contributed by atoms with van der Waals surface area (Å²) in [5.74, 6) is -0.0246. The van der Waals surface area contributed by atoms with Gasteiger partial charge < -0.3 is 14.8 Å². The smallest absolute Gasteiger partial charge is 0.265 e. The van der Waals surface area contributed by atoms with Gasteiger partial charge in [0.15, 0.2) is 0 Å². The Labute approximate surface area is 169 Å². The molecule has 2 aliphatic heterocycles. The average Bonchev–Trinajstić information content (AvgIpc) is 2.74. The Bertz CT molecular complexity index is 1100. The van der Waals surface area contributed by atoms with Crippen molar-refractivity contribution in [3.05, 3.63) is 53.4 Å². The number of nitrogens with one attached hydrogen (secondary N) is 2. The van der Waals surface area contributed by atoms with Crippen LogP contribution < -0.4 is 14.8 Å². The highest BCUT2D eigenvalue weighted by molar-refractivity contribution is 7.92. The number of hydrogen-bond donors (Lipinski definition) is 2. The van der Waals surface area contributed by atoms with Gasteiger partial charge in [0.05, 0.1) is 43.5 Å². The molecule has 1 aromatic heterocycles. The van der Waals surface area contributed by atoms with Gasteiger partial charge in [-0.1, -0.05) is 12.1 Å². The number of hydrogen-bond acceptors (Lipinski definition) is 6. The molecule has 3 heterocycles. The zero-order chi connectivity index (χ0) is 20.4. The van der Waals surface area contributed by atoms with Crippen LogP contribution in [0, 0.1) is 0 Å². The van der Waals surface area contributed by atoms with Crippen molar-refractivity contribution in [1.82, 2.24) is 10.3 Å². The molecule has 2 N–H and O–H groups in total. The van der Waals surface area contributed by atoms with Gasteiger partial charge in [-0.3, -0.25) is 14.5 Å². The van der Waals surface area contributed by atoms with Gasteiger partial charge >= 0.3 is 0 Å². The second-order valence-corrected chi connectivity index (χ2v) is 8.40. The molecule has 8 nitrogen and oxygen atoms in total. The number of sulfonamides is 1. The van der Waals surface area contributed by atoms with Crippen molar-refractivity contribution in [3.63, 3.8) is 0 Å². The Morgan fingerprint density at radius 1 is 1.24 bits per heavy atom. The topological polar surface area (TPSA) is 107 Å². The van der Waals surface area contributed by atoms with Crippen molar-refractivity contribution in [3.8, 4) is 5.75 Å². The number of ether oxygens (including phenoxy) is 2. The molecule has 1 aromatic carbocycles. The first kappa shape index (κ1) is 19.4. The Morgan fingerprint density at radius 2 is 2.10 bits per heavy atom. The van der Waals surface area contributed by atoms with Gasteiger partial charge in [0.1, 0.15) is 10.6 Å². The number of nitrogens with zero attached hydrogens (tertiary/aromatic N) is 1. The van der Waals surface area contributed by atoms with Gasteiger partial charge in [0.2, 0.25) is 0 Å². The molecule has 0 bridgehead atoms. The summed E-state index contributed by atoms with van der Waals surface area (Å²) < 4.78 is 39.3. The molecular weight excluding hydrogens is 394 g/mol. The van der Waals surface area contributed by atoms with Crippen LogP contribution in [0.5, 0.6) is 5.75 Å². The number of rotatable bonds is 5. The second-order valence-electron chi connectivity index (χ2n) is 6.75. The molecule has 152 valence electrons. The Kier molecular flexibility index (Phi) is 5.25. The van der Waals surface area contributed by atoms with Crippen LogP contribution in [0.25, 0.3) is 5.57 Å². The van der Waals surface area contributed by atoms with E-state index in [1.165, 1.54) is 19.4 Å². The maximum absolute atomic E-state index is 13.1. The quantitative estimate of drug-likeness (QED) is 0.773. The third-order valence-electron chi connectivity index (χ3n) is 4.90. The molecule has 2 aliphatic rings. The van der Waals surface area contributed by atoms with E-state index >= 15 is 0 Å². The number of fused-ring (bicyclic) bond motifs is 1. The Morgan fingerprint density at radius 3 is 2.86 bits per heavy atom. The first-order valence-electron chi connectivity index (χ1n) is 9.23. The van der Waals surface area contributed by atoms with Crippen LogP contribution in [0.4, 0.5) is 5.69 Å². The summed E-state index contributed by atoms with van der Waals surface area (Å²) in [6.07, 6.45) is 4.69. The SMILES string of the molecule is COc1ccc(C2=CCOCC2)cc1S(=O)(=O)Nc1cnc2c(c1)C(=O)NCC2. The van der Waals surface area contributed by atoms with E-state index in [0.717, 1.165) is 11.1 Å². The van der Waals surface area contributed by atoms with E-state index in [4.69, 9.17) is 9.47 Å². The fraction of sp³-hybridized carbons (Fsp3) is 0.300. The van der Waals surface area contributed by atoms with Crippen LogP contribution in [-0.4, -0.2) is 46.2 Å². The molecule has 1 amide bonds. The molecule has 0 unspecified atom stereocenters.